The molecule has 2 rings (SSSR count). The van der Waals surface area contributed by atoms with Crippen LogP contribution in [0.1, 0.15) is 25.0 Å². The minimum atomic E-state index is -0.284. The van der Waals surface area contributed by atoms with Crippen LogP contribution >= 0.6 is 0 Å². The number of nitrogens with one attached hydrogen (secondary N) is 2. The van der Waals surface area contributed by atoms with Crippen LogP contribution in [0.4, 0.5) is 5.69 Å². The van der Waals surface area contributed by atoms with E-state index in [1.165, 1.54) is 6.08 Å². The average molecular weight is 396 g/mol. The highest BCUT2D eigenvalue weighted by Gasteiger charge is 2.09. The van der Waals surface area contributed by atoms with Crippen molar-refractivity contribution in [1.82, 2.24) is 5.32 Å². The number of methoxy groups -OCH3 is 1. The number of carbonyl (C=O) groups is 2. The van der Waals surface area contributed by atoms with Crippen molar-refractivity contribution in [3.63, 3.8) is 0 Å². The number of ether oxygens (including phenoxy) is 2. The van der Waals surface area contributed by atoms with Gasteiger partial charge in [0.15, 0.2) is 11.5 Å². The SMILES string of the molecule is CNC(=O)Cc1ccccc1NC(=O)/C=C/c1ccc(OCC(C)C)c(OC)c1. The van der Waals surface area contributed by atoms with Crippen molar-refractivity contribution in [2.24, 2.45) is 5.92 Å². The number of rotatable bonds is 9. The molecule has 2 aromatic carbocycles. The van der Waals surface area contributed by atoms with Crippen molar-refractivity contribution in [2.75, 3.05) is 26.1 Å². The normalized spacial score (nSPS) is 10.8. The Bertz CT molecular complexity index is 875. The first-order valence-electron chi connectivity index (χ1n) is 9.51. The fraction of sp³-hybridized carbons (Fsp3) is 0.304. The van der Waals surface area contributed by atoms with Gasteiger partial charge in [-0.05, 0) is 41.3 Å². The first kappa shape index (κ1) is 22.0. The van der Waals surface area contributed by atoms with Crippen molar-refractivity contribution >= 4 is 23.6 Å². The van der Waals surface area contributed by atoms with Crippen molar-refractivity contribution in [1.29, 1.82) is 0 Å². The molecule has 2 N–H and O–H groups in total. The van der Waals surface area contributed by atoms with Crippen molar-refractivity contribution in [3.05, 3.63) is 59.7 Å². The van der Waals surface area contributed by atoms with Crippen LogP contribution in [0.25, 0.3) is 6.08 Å². The first-order valence-corrected chi connectivity index (χ1v) is 9.51. The van der Waals surface area contributed by atoms with E-state index in [1.807, 2.05) is 36.4 Å². The zero-order valence-corrected chi connectivity index (χ0v) is 17.3. The van der Waals surface area contributed by atoms with Gasteiger partial charge in [0.25, 0.3) is 0 Å². The topological polar surface area (TPSA) is 76.7 Å². The zero-order chi connectivity index (χ0) is 21.2. The lowest BCUT2D eigenvalue weighted by Gasteiger charge is -2.12. The minimum Gasteiger partial charge on any atom is -0.493 e. The van der Waals surface area contributed by atoms with Crippen LogP contribution in [0.15, 0.2) is 48.5 Å². The lowest BCUT2D eigenvalue weighted by Crippen LogP contribution is -2.21. The second kappa shape index (κ2) is 10.9. The summed E-state index contributed by atoms with van der Waals surface area (Å²) < 4.78 is 11.1. The lowest BCUT2D eigenvalue weighted by atomic mass is 10.1. The quantitative estimate of drug-likeness (QED) is 0.634. The van der Waals surface area contributed by atoms with Crippen LogP contribution in [-0.4, -0.2) is 32.6 Å². The molecule has 0 radical (unpaired) electrons. The highest BCUT2D eigenvalue weighted by molar-refractivity contribution is 6.02. The van der Waals surface area contributed by atoms with Gasteiger partial charge in [-0.3, -0.25) is 9.59 Å². The molecule has 6 nitrogen and oxygen atoms in total. The van der Waals surface area contributed by atoms with Crippen LogP contribution in [0.5, 0.6) is 11.5 Å². The van der Waals surface area contributed by atoms with E-state index in [2.05, 4.69) is 24.5 Å². The van der Waals surface area contributed by atoms with Crippen LogP contribution in [0.3, 0.4) is 0 Å². The Balaban J connectivity index is 2.07. The van der Waals surface area contributed by atoms with E-state index in [0.717, 1.165) is 11.1 Å². The van der Waals surface area contributed by atoms with Gasteiger partial charge in [0.1, 0.15) is 0 Å². The van der Waals surface area contributed by atoms with Crippen LogP contribution in [-0.2, 0) is 16.0 Å². The number of likely N-dealkylation sites (N-methyl/N-ethyl adjacent to an activating group) is 1. The Morgan fingerprint density at radius 3 is 2.55 bits per heavy atom. The Labute approximate surface area is 171 Å². The molecule has 0 aromatic heterocycles. The van der Waals surface area contributed by atoms with E-state index in [1.54, 1.807) is 26.3 Å². The number of para-hydroxylation sites is 1. The molecule has 0 saturated carbocycles. The summed E-state index contributed by atoms with van der Waals surface area (Å²) in [7, 11) is 3.17. The molecular weight excluding hydrogens is 368 g/mol. The highest BCUT2D eigenvalue weighted by Crippen LogP contribution is 2.29. The minimum absolute atomic E-state index is 0.117. The maximum absolute atomic E-state index is 12.3. The number of carbonyl (C=O) groups excluding carboxylic acids is 2. The van der Waals surface area contributed by atoms with E-state index in [9.17, 15) is 9.59 Å². The third-order valence-electron chi connectivity index (χ3n) is 4.09. The molecule has 0 aliphatic carbocycles. The second-order valence-corrected chi connectivity index (χ2v) is 6.94. The predicted molar refractivity (Wildman–Crippen MR) is 115 cm³/mol. The molecular formula is C23H28N2O4. The summed E-state index contributed by atoms with van der Waals surface area (Å²) in [5, 5.41) is 5.40. The maximum Gasteiger partial charge on any atom is 0.248 e. The van der Waals surface area contributed by atoms with Gasteiger partial charge in [-0.25, -0.2) is 0 Å². The molecule has 6 heteroatoms. The van der Waals surface area contributed by atoms with E-state index in [0.29, 0.717) is 29.7 Å². The molecule has 0 aliphatic heterocycles. The second-order valence-electron chi connectivity index (χ2n) is 6.94. The molecule has 0 atom stereocenters. The van der Waals surface area contributed by atoms with Gasteiger partial charge in [0.05, 0.1) is 20.1 Å². The number of benzene rings is 2. The molecule has 0 aliphatic rings. The smallest absolute Gasteiger partial charge is 0.248 e. The molecule has 2 amide bonds. The molecule has 0 saturated heterocycles. The standard InChI is InChI=1S/C23H28N2O4/c1-16(2)15-29-20-11-9-17(13-21(20)28-4)10-12-22(26)25-19-8-6-5-7-18(19)14-23(27)24-3/h5-13,16H,14-15H2,1-4H3,(H,24,27)(H,25,26)/b12-10+. The van der Waals surface area contributed by atoms with Gasteiger partial charge in [-0.15, -0.1) is 0 Å². The lowest BCUT2D eigenvalue weighted by molar-refractivity contribution is -0.120. The van der Waals surface area contributed by atoms with E-state index in [4.69, 9.17) is 9.47 Å². The average Bonchev–Trinajstić information content (AvgIpc) is 2.72. The van der Waals surface area contributed by atoms with Gasteiger partial charge >= 0.3 is 0 Å². The molecule has 0 unspecified atom stereocenters. The van der Waals surface area contributed by atoms with Gasteiger partial charge in [0.2, 0.25) is 11.8 Å². The summed E-state index contributed by atoms with van der Waals surface area (Å²) in [6, 6.07) is 12.7. The Morgan fingerprint density at radius 2 is 1.86 bits per heavy atom. The van der Waals surface area contributed by atoms with Crippen LogP contribution < -0.4 is 20.1 Å². The zero-order valence-electron chi connectivity index (χ0n) is 17.3. The summed E-state index contributed by atoms with van der Waals surface area (Å²) >= 11 is 0. The van der Waals surface area contributed by atoms with Crippen molar-refractivity contribution in [3.8, 4) is 11.5 Å². The highest BCUT2D eigenvalue weighted by atomic mass is 16.5. The summed E-state index contributed by atoms with van der Waals surface area (Å²) in [5.74, 6) is 1.30. The fourth-order valence-corrected chi connectivity index (χ4v) is 2.57. The van der Waals surface area contributed by atoms with Gasteiger partial charge in [0, 0.05) is 18.8 Å². The monoisotopic (exact) mass is 396 g/mol. The third kappa shape index (κ3) is 6.99. The Morgan fingerprint density at radius 1 is 1.10 bits per heavy atom. The van der Waals surface area contributed by atoms with Crippen molar-refractivity contribution in [2.45, 2.75) is 20.3 Å². The predicted octanol–water partition coefficient (Wildman–Crippen LogP) is 3.67. The number of hydrogen-bond acceptors (Lipinski definition) is 4. The van der Waals surface area contributed by atoms with Crippen molar-refractivity contribution < 1.29 is 19.1 Å². The fourth-order valence-electron chi connectivity index (χ4n) is 2.57. The summed E-state index contributed by atoms with van der Waals surface area (Å²) in [4.78, 5) is 24.0. The third-order valence-corrected chi connectivity index (χ3v) is 4.09. The molecule has 2 aromatic rings. The van der Waals surface area contributed by atoms with E-state index < -0.39 is 0 Å². The Hall–Kier alpha value is -3.28. The summed E-state index contributed by atoms with van der Waals surface area (Å²) in [6.45, 7) is 4.76. The van der Waals surface area contributed by atoms with Crippen LogP contribution in [0, 0.1) is 5.92 Å². The summed E-state index contributed by atoms with van der Waals surface area (Å²) in [6.07, 6.45) is 3.34. The van der Waals surface area contributed by atoms with E-state index in [-0.39, 0.29) is 18.2 Å². The van der Waals surface area contributed by atoms with Gasteiger partial charge < -0.3 is 20.1 Å². The molecule has 0 heterocycles. The number of anilines is 1. The van der Waals surface area contributed by atoms with Gasteiger partial charge in [-0.1, -0.05) is 38.1 Å². The summed E-state index contributed by atoms with van der Waals surface area (Å²) in [5.41, 5.74) is 2.18. The largest absolute Gasteiger partial charge is 0.493 e. The number of amides is 2. The van der Waals surface area contributed by atoms with Crippen LogP contribution in [0.2, 0.25) is 0 Å². The van der Waals surface area contributed by atoms with Gasteiger partial charge in [-0.2, -0.15) is 0 Å². The molecule has 154 valence electrons. The molecule has 0 bridgehead atoms. The number of hydrogen-bond donors (Lipinski definition) is 2. The van der Waals surface area contributed by atoms with E-state index >= 15 is 0 Å². The maximum atomic E-state index is 12.3. The molecule has 29 heavy (non-hydrogen) atoms. The molecule has 0 spiro atoms. The Kier molecular flexibility index (Phi) is 8.27. The first-order chi connectivity index (χ1) is 13.9. The molecule has 0 fully saturated rings.